The SMILES string of the molecule is Cc1occc1C(=O)NCCC(C)Cl. The molecule has 14 heavy (non-hydrogen) atoms. The van der Waals surface area contributed by atoms with Crippen molar-refractivity contribution in [2.24, 2.45) is 0 Å². The molecule has 1 aromatic rings. The minimum absolute atomic E-state index is 0.0840. The second kappa shape index (κ2) is 5.05. The predicted molar refractivity (Wildman–Crippen MR) is 55.7 cm³/mol. The Morgan fingerprint density at radius 1 is 1.71 bits per heavy atom. The van der Waals surface area contributed by atoms with Crippen LogP contribution in [0.2, 0.25) is 0 Å². The van der Waals surface area contributed by atoms with Crippen LogP contribution in [0.25, 0.3) is 0 Å². The summed E-state index contributed by atoms with van der Waals surface area (Å²) in [7, 11) is 0. The van der Waals surface area contributed by atoms with Crippen molar-refractivity contribution in [3.63, 3.8) is 0 Å². The maximum Gasteiger partial charge on any atom is 0.254 e. The van der Waals surface area contributed by atoms with E-state index in [1.165, 1.54) is 6.26 Å². The third kappa shape index (κ3) is 3.07. The first kappa shape index (κ1) is 11.1. The highest BCUT2D eigenvalue weighted by atomic mass is 35.5. The lowest BCUT2D eigenvalue weighted by molar-refractivity contribution is 0.0952. The molecule has 0 aliphatic heterocycles. The number of nitrogens with one attached hydrogen (secondary N) is 1. The van der Waals surface area contributed by atoms with Crippen LogP contribution in [0.15, 0.2) is 16.7 Å². The molecule has 0 aliphatic carbocycles. The second-order valence-corrected chi connectivity index (χ2v) is 3.96. The maximum absolute atomic E-state index is 11.5. The lowest BCUT2D eigenvalue weighted by Gasteiger charge is -2.04. The molecule has 0 saturated heterocycles. The van der Waals surface area contributed by atoms with Crippen LogP contribution in [0.1, 0.15) is 29.5 Å². The molecule has 1 heterocycles. The van der Waals surface area contributed by atoms with Gasteiger partial charge in [0.1, 0.15) is 5.76 Å². The fourth-order valence-electron chi connectivity index (χ4n) is 1.10. The molecule has 1 aromatic heterocycles. The maximum atomic E-state index is 11.5. The Balaban J connectivity index is 2.40. The summed E-state index contributed by atoms with van der Waals surface area (Å²) in [6.07, 6.45) is 2.28. The topological polar surface area (TPSA) is 42.2 Å². The molecule has 1 unspecified atom stereocenters. The van der Waals surface area contributed by atoms with Crippen LogP contribution in [-0.4, -0.2) is 17.8 Å². The largest absolute Gasteiger partial charge is 0.469 e. The lowest BCUT2D eigenvalue weighted by atomic mass is 10.2. The number of furan rings is 1. The average molecular weight is 216 g/mol. The number of rotatable bonds is 4. The van der Waals surface area contributed by atoms with Gasteiger partial charge < -0.3 is 9.73 Å². The van der Waals surface area contributed by atoms with E-state index in [1.807, 2.05) is 6.92 Å². The Labute approximate surface area is 88.4 Å². The number of alkyl halides is 1. The number of amides is 1. The zero-order valence-electron chi connectivity index (χ0n) is 8.34. The van der Waals surface area contributed by atoms with Crippen molar-refractivity contribution in [2.45, 2.75) is 25.6 Å². The number of hydrogen-bond acceptors (Lipinski definition) is 2. The second-order valence-electron chi connectivity index (χ2n) is 3.22. The normalized spacial score (nSPS) is 12.5. The first-order chi connectivity index (χ1) is 6.61. The van der Waals surface area contributed by atoms with Gasteiger partial charge in [0, 0.05) is 11.9 Å². The number of hydrogen-bond donors (Lipinski definition) is 1. The van der Waals surface area contributed by atoms with E-state index in [0.29, 0.717) is 17.9 Å². The van der Waals surface area contributed by atoms with Gasteiger partial charge in [0.25, 0.3) is 5.91 Å². The van der Waals surface area contributed by atoms with E-state index >= 15 is 0 Å². The van der Waals surface area contributed by atoms with Crippen molar-refractivity contribution in [1.82, 2.24) is 5.32 Å². The standard InChI is InChI=1S/C10H14ClNO2/c1-7(11)3-5-12-10(13)9-4-6-14-8(9)2/h4,6-7H,3,5H2,1-2H3,(H,12,13). The molecular formula is C10H14ClNO2. The number of carbonyl (C=O) groups excluding carboxylic acids is 1. The molecule has 1 amide bonds. The predicted octanol–water partition coefficient (Wildman–Crippen LogP) is 2.34. The molecule has 0 radical (unpaired) electrons. The fourth-order valence-corrected chi connectivity index (χ4v) is 1.21. The molecule has 78 valence electrons. The van der Waals surface area contributed by atoms with Crippen molar-refractivity contribution in [3.05, 3.63) is 23.7 Å². The molecule has 0 aliphatic rings. The minimum Gasteiger partial charge on any atom is -0.469 e. The zero-order valence-corrected chi connectivity index (χ0v) is 9.10. The van der Waals surface area contributed by atoms with Crippen LogP contribution in [0.5, 0.6) is 0 Å². The van der Waals surface area contributed by atoms with Gasteiger partial charge in [-0.2, -0.15) is 0 Å². The molecule has 0 fully saturated rings. The molecule has 1 N–H and O–H groups in total. The third-order valence-electron chi connectivity index (χ3n) is 1.93. The van der Waals surface area contributed by atoms with Gasteiger partial charge >= 0.3 is 0 Å². The van der Waals surface area contributed by atoms with E-state index in [-0.39, 0.29) is 11.3 Å². The van der Waals surface area contributed by atoms with Gasteiger partial charge in [0.05, 0.1) is 11.8 Å². The summed E-state index contributed by atoms with van der Waals surface area (Å²) in [5.74, 6) is 0.537. The van der Waals surface area contributed by atoms with Crippen molar-refractivity contribution in [1.29, 1.82) is 0 Å². The van der Waals surface area contributed by atoms with E-state index in [2.05, 4.69) is 5.32 Å². The summed E-state index contributed by atoms with van der Waals surface area (Å²) in [5, 5.41) is 2.86. The lowest BCUT2D eigenvalue weighted by Crippen LogP contribution is -2.25. The fraction of sp³-hybridized carbons (Fsp3) is 0.500. The average Bonchev–Trinajstić information content (AvgIpc) is 2.50. The van der Waals surface area contributed by atoms with Gasteiger partial charge in [-0.25, -0.2) is 0 Å². The number of carbonyl (C=O) groups is 1. The van der Waals surface area contributed by atoms with E-state index in [4.69, 9.17) is 16.0 Å². The van der Waals surface area contributed by atoms with Crippen molar-refractivity contribution >= 4 is 17.5 Å². The Kier molecular flexibility index (Phi) is 4.01. The zero-order chi connectivity index (χ0) is 10.6. The summed E-state index contributed by atoms with van der Waals surface area (Å²) < 4.78 is 5.03. The number of halogens is 1. The highest BCUT2D eigenvalue weighted by molar-refractivity contribution is 6.20. The van der Waals surface area contributed by atoms with Crippen LogP contribution in [0.4, 0.5) is 0 Å². The van der Waals surface area contributed by atoms with E-state index in [0.717, 1.165) is 6.42 Å². The van der Waals surface area contributed by atoms with E-state index in [9.17, 15) is 4.79 Å². The van der Waals surface area contributed by atoms with Gasteiger partial charge in [-0.05, 0) is 26.3 Å². The summed E-state index contributed by atoms with van der Waals surface area (Å²) in [6.45, 7) is 4.25. The van der Waals surface area contributed by atoms with Crippen LogP contribution in [0.3, 0.4) is 0 Å². The van der Waals surface area contributed by atoms with Crippen LogP contribution >= 0.6 is 11.6 Å². The summed E-state index contributed by atoms with van der Waals surface area (Å²) >= 11 is 5.75. The van der Waals surface area contributed by atoms with Crippen LogP contribution in [0, 0.1) is 6.92 Å². The summed E-state index contributed by atoms with van der Waals surface area (Å²) in [5.41, 5.74) is 0.590. The summed E-state index contributed by atoms with van der Waals surface area (Å²) in [6, 6.07) is 1.66. The van der Waals surface area contributed by atoms with Crippen molar-refractivity contribution < 1.29 is 9.21 Å². The van der Waals surface area contributed by atoms with Crippen LogP contribution < -0.4 is 5.32 Å². The Morgan fingerprint density at radius 2 is 2.43 bits per heavy atom. The molecule has 1 rings (SSSR count). The first-order valence-electron chi connectivity index (χ1n) is 4.57. The van der Waals surface area contributed by atoms with Crippen molar-refractivity contribution in [2.75, 3.05) is 6.54 Å². The van der Waals surface area contributed by atoms with E-state index < -0.39 is 0 Å². The van der Waals surface area contributed by atoms with E-state index in [1.54, 1.807) is 13.0 Å². The minimum atomic E-state index is -0.103. The monoisotopic (exact) mass is 215 g/mol. The van der Waals surface area contributed by atoms with Crippen LogP contribution in [-0.2, 0) is 0 Å². The quantitative estimate of drug-likeness (QED) is 0.784. The molecule has 4 heteroatoms. The van der Waals surface area contributed by atoms with Crippen molar-refractivity contribution in [3.8, 4) is 0 Å². The molecular weight excluding hydrogens is 202 g/mol. The molecule has 1 atom stereocenters. The Hall–Kier alpha value is -0.960. The summed E-state index contributed by atoms with van der Waals surface area (Å²) in [4.78, 5) is 11.5. The molecule has 0 aromatic carbocycles. The van der Waals surface area contributed by atoms with Gasteiger partial charge in [0.15, 0.2) is 0 Å². The first-order valence-corrected chi connectivity index (χ1v) is 5.01. The molecule has 0 saturated carbocycles. The molecule has 3 nitrogen and oxygen atoms in total. The highest BCUT2D eigenvalue weighted by Gasteiger charge is 2.10. The molecule has 0 spiro atoms. The smallest absolute Gasteiger partial charge is 0.254 e. The highest BCUT2D eigenvalue weighted by Crippen LogP contribution is 2.08. The number of aryl methyl sites for hydroxylation is 1. The van der Waals surface area contributed by atoms with Gasteiger partial charge in [-0.3, -0.25) is 4.79 Å². The van der Waals surface area contributed by atoms with Gasteiger partial charge in [-0.15, -0.1) is 11.6 Å². The van der Waals surface area contributed by atoms with Gasteiger partial charge in [0.2, 0.25) is 0 Å². The van der Waals surface area contributed by atoms with Gasteiger partial charge in [-0.1, -0.05) is 0 Å². The Morgan fingerprint density at radius 3 is 2.93 bits per heavy atom. The molecule has 0 bridgehead atoms. The third-order valence-corrected chi connectivity index (χ3v) is 2.15. The Bertz CT molecular complexity index is 307.